The summed E-state index contributed by atoms with van der Waals surface area (Å²) in [6.45, 7) is 4.29. The first-order valence-electron chi connectivity index (χ1n) is 5.06. The number of benzene rings is 1. The van der Waals surface area contributed by atoms with Crippen molar-refractivity contribution in [3.05, 3.63) is 34.9 Å². The molecule has 1 atom stereocenters. The SMILES string of the molecule is CC[C@@H](C)CSC(=O)c1ccc(Cl)cc1. The van der Waals surface area contributed by atoms with Gasteiger partial charge in [-0.3, -0.25) is 4.79 Å². The van der Waals surface area contributed by atoms with Crippen LogP contribution in [0.25, 0.3) is 0 Å². The molecule has 1 aromatic carbocycles. The van der Waals surface area contributed by atoms with Gasteiger partial charge in [0.1, 0.15) is 0 Å². The van der Waals surface area contributed by atoms with Crippen LogP contribution in [0.1, 0.15) is 30.6 Å². The quantitative estimate of drug-likeness (QED) is 0.785. The zero-order valence-corrected chi connectivity index (χ0v) is 10.6. The lowest BCUT2D eigenvalue weighted by Crippen LogP contribution is -2.01. The van der Waals surface area contributed by atoms with Crippen LogP contribution in [0.5, 0.6) is 0 Å². The summed E-state index contributed by atoms with van der Waals surface area (Å²) in [5, 5.41) is 0.797. The zero-order valence-electron chi connectivity index (χ0n) is 9.00. The largest absolute Gasteiger partial charge is 0.282 e. The highest BCUT2D eigenvalue weighted by Crippen LogP contribution is 2.18. The van der Waals surface area contributed by atoms with Gasteiger partial charge in [-0.2, -0.15) is 0 Å². The maximum atomic E-state index is 11.7. The lowest BCUT2D eigenvalue weighted by atomic mass is 10.2. The molecule has 1 aromatic rings. The van der Waals surface area contributed by atoms with Gasteiger partial charge in [0.2, 0.25) is 5.12 Å². The van der Waals surface area contributed by atoms with E-state index in [9.17, 15) is 4.79 Å². The van der Waals surface area contributed by atoms with Crippen LogP contribution >= 0.6 is 23.4 Å². The average Bonchev–Trinajstić information content (AvgIpc) is 2.26. The molecule has 0 spiro atoms. The molecule has 3 heteroatoms. The molecule has 0 bridgehead atoms. The standard InChI is InChI=1S/C12H15ClOS/c1-3-9(2)8-15-12(14)10-4-6-11(13)7-5-10/h4-7,9H,3,8H2,1-2H3/t9-/m1/s1. The minimum absolute atomic E-state index is 0.131. The summed E-state index contributed by atoms with van der Waals surface area (Å²) < 4.78 is 0. The van der Waals surface area contributed by atoms with Crippen molar-refractivity contribution in [2.45, 2.75) is 20.3 Å². The van der Waals surface area contributed by atoms with E-state index in [1.807, 2.05) is 0 Å². The molecular weight excluding hydrogens is 228 g/mol. The van der Waals surface area contributed by atoms with E-state index in [1.54, 1.807) is 24.3 Å². The Bertz CT molecular complexity index is 321. The molecule has 82 valence electrons. The molecule has 0 fully saturated rings. The van der Waals surface area contributed by atoms with Gasteiger partial charge in [0, 0.05) is 16.3 Å². The van der Waals surface area contributed by atoms with Gasteiger partial charge in [-0.1, -0.05) is 43.6 Å². The van der Waals surface area contributed by atoms with Gasteiger partial charge in [-0.05, 0) is 30.2 Å². The Morgan fingerprint density at radius 3 is 2.53 bits per heavy atom. The molecule has 0 unspecified atom stereocenters. The first-order chi connectivity index (χ1) is 7.13. The van der Waals surface area contributed by atoms with E-state index in [1.165, 1.54) is 11.8 Å². The second-order valence-electron chi connectivity index (χ2n) is 3.62. The number of carbonyl (C=O) groups is 1. The predicted octanol–water partition coefficient (Wildman–Crippen LogP) is 4.26. The van der Waals surface area contributed by atoms with Crippen molar-refractivity contribution in [1.29, 1.82) is 0 Å². The maximum Gasteiger partial charge on any atom is 0.219 e. The van der Waals surface area contributed by atoms with Crippen molar-refractivity contribution >= 4 is 28.5 Å². The summed E-state index contributed by atoms with van der Waals surface area (Å²) >= 11 is 7.13. The molecule has 0 aromatic heterocycles. The third-order valence-electron chi connectivity index (χ3n) is 2.28. The maximum absolute atomic E-state index is 11.7. The first-order valence-corrected chi connectivity index (χ1v) is 6.42. The fourth-order valence-corrected chi connectivity index (χ4v) is 2.11. The molecule has 0 aliphatic carbocycles. The normalized spacial score (nSPS) is 12.5. The van der Waals surface area contributed by atoms with E-state index in [0.29, 0.717) is 10.9 Å². The molecule has 0 heterocycles. The Kier molecular flexibility index (Phi) is 5.20. The number of hydrogen-bond acceptors (Lipinski definition) is 2. The minimum atomic E-state index is 0.131. The average molecular weight is 243 g/mol. The summed E-state index contributed by atoms with van der Waals surface area (Å²) in [5.74, 6) is 1.48. The van der Waals surface area contributed by atoms with E-state index in [0.717, 1.165) is 17.7 Å². The minimum Gasteiger partial charge on any atom is -0.282 e. The summed E-state index contributed by atoms with van der Waals surface area (Å²) in [7, 11) is 0. The van der Waals surface area contributed by atoms with E-state index >= 15 is 0 Å². The lowest BCUT2D eigenvalue weighted by molar-refractivity contribution is 0.108. The van der Waals surface area contributed by atoms with E-state index in [2.05, 4.69) is 13.8 Å². The van der Waals surface area contributed by atoms with Crippen LogP contribution in [0, 0.1) is 5.92 Å². The molecule has 1 rings (SSSR count). The summed E-state index contributed by atoms with van der Waals surface area (Å²) in [6.07, 6.45) is 1.11. The van der Waals surface area contributed by atoms with Crippen molar-refractivity contribution in [3.8, 4) is 0 Å². The van der Waals surface area contributed by atoms with E-state index in [4.69, 9.17) is 11.6 Å². The van der Waals surface area contributed by atoms with Gasteiger partial charge < -0.3 is 0 Å². The number of halogens is 1. The predicted molar refractivity (Wildman–Crippen MR) is 67.7 cm³/mol. The van der Waals surface area contributed by atoms with Gasteiger partial charge >= 0.3 is 0 Å². The van der Waals surface area contributed by atoms with Crippen molar-refractivity contribution < 1.29 is 4.79 Å². The topological polar surface area (TPSA) is 17.1 Å². The van der Waals surface area contributed by atoms with Crippen LogP contribution in [0.4, 0.5) is 0 Å². The molecule has 0 aliphatic rings. The number of carbonyl (C=O) groups excluding carboxylic acids is 1. The first kappa shape index (κ1) is 12.6. The van der Waals surface area contributed by atoms with Crippen LogP contribution in [-0.4, -0.2) is 10.9 Å². The van der Waals surface area contributed by atoms with Crippen LogP contribution in [0.3, 0.4) is 0 Å². The molecule has 0 amide bonds. The Labute approximate surface area is 100 Å². The van der Waals surface area contributed by atoms with E-state index < -0.39 is 0 Å². The zero-order chi connectivity index (χ0) is 11.3. The molecular formula is C12H15ClOS. The van der Waals surface area contributed by atoms with Crippen LogP contribution < -0.4 is 0 Å². The third kappa shape index (κ3) is 4.27. The third-order valence-corrected chi connectivity index (χ3v) is 3.76. The highest BCUT2D eigenvalue weighted by Gasteiger charge is 2.08. The van der Waals surface area contributed by atoms with Gasteiger partial charge in [-0.25, -0.2) is 0 Å². The number of thioether (sulfide) groups is 1. The summed E-state index contributed by atoms with van der Waals surface area (Å²) in [4.78, 5) is 11.7. The molecule has 0 saturated carbocycles. The fraction of sp³-hybridized carbons (Fsp3) is 0.417. The summed E-state index contributed by atoms with van der Waals surface area (Å²) in [5.41, 5.74) is 0.729. The van der Waals surface area contributed by atoms with Gasteiger partial charge in [0.25, 0.3) is 0 Å². The molecule has 0 radical (unpaired) electrons. The Morgan fingerprint density at radius 2 is 2.00 bits per heavy atom. The molecule has 1 nitrogen and oxygen atoms in total. The fourth-order valence-electron chi connectivity index (χ4n) is 1.01. The van der Waals surface area contributed by atoms with Crippen LogP contribution in [0.2, 0.25) is 5.02 Å². The highest BCUT2D eigenvalue weighted by atomic mass is 35.5. The molecule has 0 saturated heterocycles. The summed E-state index contributed by atoms with van der Waals surface area (Å²) in [6, 6.07) is 7.04. The van der Waals surface area contributed by atoms with Crippen molar-refractivity contribution in [3.63, 3.8) is 0 Å². The number of rotatable bonds is 4. The van der Waals surface area contributed by atoms with Crippen LogP contribution in [0.15, 0.2) is 24.3 Å². The van der Waals surface area contributed by atoms with E-state index in [-0.39, 0.29) is 5.12 Å². The van der Waals surface area contributed by atoms with Crippen LogP contribution in [-0.2, 0) is 0 Å². The molecule has 0 N–H and O–H groups in total. The second kappa shape index (κ2) is 6.19. The Morgan fingerprint density at radius 1 is 1.40 bits per heavy atom. The van der Waals surface area contributed by atoms with Gasteiger partial charge in [-0.15, -0.1) is 0 Å². The van der Waals surface area contributed by atoms with Crippen molar-refractivity contribution in [1.82, 2.24) is 0 Å². The second-order valence-corrected chi connectivity index (χ2v) is 5.05. The van der Waals surface area contributed by atoms with Gasteiger partial charge in [0.05, 0.1) is 0 Å². The smallest absolute Gasteiger partial charge is 0.219 e. The lowest BCUT2D eigenvalue weighted by Gasteiger charge is -2.06. The van der Waals surface area contributed by atoms with Crippen molar-refractivity contribution in [2.24, 2.45) is 5.92 Å². The Balaban J connectivity index is 2.50. The number of hydrogen-bond donors (Lipinski definition) is 0. The highest BCUT2D eigenvalue weighted by molar-refractivity contribution is 8.14. The molecule has 0 aliphatic heterocycles. The van der Waals surface area contributed by atoms with Gasteiger partial charge in [0.15, 0.2) is 0 Å². The monoisotopic (exact) mass is 242 g/mol. The van der Waals surface area contributed by atoms with Crippen molar-refractivity contribution in [2.75, 3.05) is 5.75 Å². The molecule has 15 heavy (non-hydrogen) atoms. The Hall–Kier alpha value is -0.470.